The molecule has 0 saturated heterocycles. The van der Waals surface area contributed by atoms with Crippen LogP contribution in [0.4, 0.5) is 13.2 Å². The smallest absolute Gasteiger partial charge is 0.294 e. The zero-order chi connectivity index (χ0) is 15.5. The fraction of sp³-hybridized carbons (Fsp3) is 0.308. The van der Waals surface area contributed by atoms with Crippen LogP contribution < -0.4 is 0 Å². The molecule has 3 nitrogen and oxygen atoms in total. The summed E-state index contributed by atoms with van der Waals surface area (Å²) in [5, 5.41) is 0. The summed E-state index contributed by atoms with van der Waals surface area (Å²) in [6.45, 7) is 1.44. The summed E-state index contributed by atoms with van der Waals surface area (Å²) in [6, 6.07) is 3.02. The molecule has 0 aliphatic heterocycles. The van der Waals surface area contributed by atoms with Gasteiger partial charge in [0.2, 0.25) is 5.78 Å². The molecule has 0 bridgehead atoms. The van der Waals surface area contributed by atoms with Gasteiger partial charge < -0.3 is 0 Å². The van der Waals surface area contributed by atoms with E-state index in [1.54, 1.807) is 0 Å². The summed E-state index contributed by atoms with van der Waals surface area (Å²) in [5.74, 6) is -2.77. The fourth-order valence-electron chi connectivity index (χ4n) is 1.53. The van der Waals surface area contributed by atoms with Crippen LogP contribution in [0.1, 0.15) is 35.7 Å². The molecule has 0 aromatic heterocycles. The number of benzene rings is 1. The summed E-state index contributed by atoms with van der Waals surface area (Å²) < 4.78 is 38.6. The molecule has 1 rings (SSSR count). The van der Waals surface area contributed by atoms with Gasteiger partial charge in [-0.1, -0.05) is 22.9 Å². The second kappa shape index (κ2) is 6.30. The van der Waals surface area contributed by atoms with E-state index in [2.05, 4.69) is 15.9 Å². The number of ketones is 3. The minimum atomic E-state index is -4.72. The van der Waals surface area contributed by atoms with Gasteiger partial charge in [-0.3, -0.25) is 14.4 Å². The zero-order valence-corrected chi connectivity index (χ0v) is 12.0. The van der Waals surface area contributed by atoms with Crippen LogP contribution in [0.15, 0.2) is 22.7 Å². The Balaban J connectivity index is 3.11. The molecule has 0 aliphatic carbocycles. The van der Waals surface area contributed by atoms with Gasteiger partial charge in [-0.15, -0.1) is 0 Å². The summed E-state index contributed by atoms with van der Waals surface area (Å²) in [7, 11) is 0. The first-order valence-electron chi connectivity index (χ1n) is 5.62. The van der Waals surface area contributed by atoms with Gasteiger partial charge >= 0.3 is 6.18 Å². The van der Waals surface area contributed by atoms with E-state index in [1.807, 2.05) is 0 Å². The highest BCUT2D eigenvalue weighted by Crippen LogP contribution is 2.34. The lowest BCUT2D eigenvalue weighted by atomic mass is 9.98. The molecule has 108 valence electrons. The van der Waals surface area contributed by atoms with Gasteiger partial charge in [-0.05, 0) is 18.2 Å². The van der Waals surface area contributed by atoms with Crippen LogP contribution in [-0.2, 0) is 15.8 Å². The predicted octanol–water partition coefficient (Wildman–Crippen LogP) is 3.59. The number of hydrogen-bond acceptors (Lipinski definition) is 3. The topological polar surface area (TPSA) is 51.2 Å². The fourth-order valence-corrected chi connectivity index (χ4v) is 1.89. The summed E-state index contributed by atoms with van der Waals surface area (Å²) in [6.07, 6.45) is -5.65. The lowest BCUT2D eigenvalue weighted by molar-refractivity contribution is -0.138. The molecule has 0 aliphatic rings. The maximum absolute atomic E-state index is 12.8. The Hall–Kier alpha value is -1.50. The lowest BCUT2D eigenvalue weighted by Crippen LogP contribution is -2.20. The molecule has 0 atom stereocenters. The van der Waals surface area contributed by atoms with Crippen LogP contribution in [0.2, 0.25) is 0 Å². The molecular formula is C13H10BrF3O3. The highest BCUT2D eigenvalue weighted by atomic mass is 79.9. The molecule has 0 N–H and O–H groups in total. The van der Waals surface area contributed by atoms with Gasteiger partial charge in [0.1, 0.15) is 0 Å². The molecule has 0 spiro atoms. The third kappa shape index (κ3) is 4.00. The van der Waals surface area contributed by atoms with E-state index in [-0.39, 0.29) is 10.9 Å². The molecule has 1 aromatic rings. The minimum Gasteiger partial charge on any atom is -0.294 e. The average molecular weight is 351 g/mol. The van der Waals surface area contributed by atoms with Crippen LogP contribution in [0, 0.1) is 0 Å². The molecule has 7 heteroatoms. The number of alkyl halides is 3. The van der Waals surface area contributed by atoms with Gasteiger partial charge in [0, 0.05) is 16.5 Å². The van der Waals surface area contributed by atoms with Crippen LogP contribution in [0.5, 0.6) is 0 Å². The largest absolute Gasteiger partial charge is 0.417 e. The van der Waals surface area contributed by atoms with Crippen molar-refractivity contribution in [1.29, 1.82) is 0 Å². The van der Waals surface area contributed by atoms with Crippen LogP contribution in [0.3, 0.4) is 0 Å². The Kier molecular flexibility index (Phi) is 5.21. The molecular weight excluding hydrogens is 341 g/mol. The Bertz CT molecular complexity index is 564. The number of halogens is 4. The number of carbonyl (C=O) groups excluding carboxylic acids is 3. The van der Waals surface area contributed by atoms with Crippen molar-refractivity contribution in [2.24, 2.45) is 0 Å². The van der Waals surface area contributed by atoms with E-state index in [0.29, 0.717) is 0 Å². The van der Waals surface area contributed by atoms with Crippen LogP contribution >= 0.6 is 15.9 Å². The molecule has 0 fully saturated rings. The highest BCUT2D eigenvalue weighted by molar-refractivity contribution is 9.10. The van der Waals surface area contributed by atoms with Crippen molar-refractivity contribution in [2.75, 3.05) is 0 Å². The van der Waals surface area contributed by atoms with E-state index < -0.39 is 41.1 Å². The average Bonchev–Trinajstić information content (AvgIpc) is 2.36. The SMILES string of the molecule is CCC(=O)C(=O)CC(=O)c1ccc(Br)cc1C(F)(F)F. The van der Waals surface area contributed by atoms with Crippen molar-refractivity contribution >= 4 is 33.3 Å². The predicted molar refractivity (Wildman–Crippen MR) is 68.4 cm³/mol. The lowest BCUT2D eigenvalue weighted by Gasteiger charge is -2.12. The Morgan fingerprint density at radius 1 is 1.15 bits per heavy atom. The molecule has 0 radical (unpaired) electrons. The number of rotatable bonds is 5. The summed E-state index contributed by atoms with van der Waals surface area (Å²) in [5.41, 5.74) is -1.74. The molecule has 0 saturated carbocycles. The maximum atomic E-state index is 12.8. The Morgan fingerprint density at radius 2 is 1.75 bits per heavy atom. The molecule has 0 unspecified atom stereocenters. The van der Waals surface area contributed by atoms with Crippen molar-refractivity contribution in [3.05, 3.63) is 33.8 Å². The van der Waals surface area contributed by atoms with Crippen molar-refractivity contribution in [3.8, 4) is 0 Å². The van der Waals surface area contributed by atoms with E-state index in [1.165, 1.54) is 13.0 Å². The number of Topliss-reactive ketones (excluding diaryl/α,β-unsaturated/α-hetero) is 3. The first kappa shape index (κ1) is 16.6. The van der Waals surface area contributed by atoms with E-state index in [4.69, 9.17) is 0 Å². The highest BCUT2D eigenvalue weighted by Gasteiger charge is 2.35. The molecule has 0 heterocycles. The van der Waals surface area contributed by atoms with Gasteiger partial charge in [-0.2, -0.15) is 13.2 Å². The minimum absolute atomic E-state index is 0.0847. The maximum Gasteiger partial charge on any atom is 0.417 e. The Morgan fingerprint density at radius 3 is 2.25 bits per heavy atom. The summed E-state index contributed by atoms with van der Waals surface area (Å²) in [4.78, 5) is 34.2. The molecule has 0 amide bonds. The normalized spacial score (nSPS) is 11.2. The van der Waals surface area contributed by atoms with Crippen molar-refractivity contribution in [2.45, 2.75) is 25.9 Å². The van der Waals surface area contributed by atoms with Crippen molar-refractivity contribution in [1.82, 2.24) is 0 Å². The van der Waals surface area contributed by atoms with Gasteiger partial charge in [-0.25, -0.2) is 0 Å². The molecule has 1 aromatic carbocycles. The van der Waals surface area contributed by atoms with E-state index >= 15 is 0 Å². The van der Waals surface area contributed by atoms with Crippen molar-refractivity contribution in [3.63, 3.8) is 0 Å². The van der Waals surface area contributed by atoms with Crippen LogP contribution in [-0.4, -0.2) is 17.3 Å². The van der Waals surface area contributed by atoms with Crippen LogP contribution in [0.25, 0.3) is 0 Å². The van der Waals surface area contributed by atoms with Gasteiger partial charge in [0.15, 0.2) is 11.6 Å². The third-order valence-electron chi connectivity index (χ3n) is 2.54. The Labute approximate surface area is 121 Å². The molecule has 20 heavy (non-hydrogen) atoms. The second-order valence-electron chi connectivity index (χ2n) is 3.99. The van der Waals surface area contributed by atoms with Crippen molar-refractivity contribution < 1.29 is 27.6 Å². The zero-order valence-electron chi connectivity index (χ0n) is 10.4. The standard InChI is InChI=1S/C13H10BrF3O3/c1-2-10(18)12(20)6-11(19)8-4-3-7(14)5-9(8)13(15,16)17/h3-5H,2,6H2,1H3. The second-order valence-corrected chi connectivity index (χ2v) is 4.90. The monoisotopic (exact) mass is 350 g/mol. The quantitative estimate of drug-likeness (QED) is 0.463. The number of carbonyl (C=O) groups is 3. The van der Waals surface area contributed by atoms with Gasteiger partial charge in [0.25, 0.3) is 0 Å². The first-order chi connectivity index (χ1) is 9.16. The number of hydrogen-bond donors (Lipinski definition) is 0. The van der Waals surface area contributed by atoms with Gasteiger partial charge in [0.05, 0.1) is 12.0 Å². The summed E-state index contributed by atoms with van der Waals surface area (Å²) >= 11 is 2.89. The first-order valence-corrected chi connectivity index (χ1v) is 6.42. The third-order valence-corrected chi connectivity index (χ3v) is 3.03. The van der Waals surface area contributed by atoms with E-state index in [0.717, 1.165) is 12.1 Å². The van der Waals surface area contributed by atoms with E-state index in [9.17, 15) is 27.6 Å².